The Morgan fingerprint density at radius 3 is 1.47 bits per heavy atom. The molecule has 1 fully saturated rings. The highest BCUT2D eigenvalue weighted by Crippen LogP contribution is 2.23. The molecule has 1 aromatic carbocycles. The van der Waals surface area contributed by atoms with Gasteiger partial charge in [0.15, 0.2) is 0 Å². The van der Waals surface area contributed by atoms with Crippen molar-refractivity contribution in [3.63, 3.8) is 0 Å². The van der Waals surface area contributed by atoms with Crippen LogP contribution in [0.5, 0.6) is 0 Å². The van der Waals surface area contributed by atoms with E-state index in [1.165, 1.54) is 0 Å². The van der Waals surface area contributed by atoms with E-state index in [1.54, 1.807) is 30.3 Å². The highest BCUT2D eigenvalue weighted by Gasteiger charge is 2.34. The van der Waals surface area contributed by atoms with Gasteiger partial charge >= 0.3 is 5.97 Å². The van der Waals surface area contributed by atoms with Crippen molar-refractivity contribution in [3.8, 4) is 0 Å². The number of carbonyl (C=O) groups is 7. The number of unbranched alkanes of at least 4 members (excludes halogenated alkanes) is 3. The summed E-state index contributed by atoms with van der Waals surface area (Å²) in [4.78, 5) is 95.3. The second kappa shape index (κ2) is 28.5. The summed E-state index contributed by atoms with van der Waals surface area (Å²) >= 11 is 0. The van der Waals surface area contributed by atoms with Crippen molar-refractivity contribution in [1.82, 2.24) is 31.9 Å². The molecule has 15 N–H and O–H groups in total. The predicted octanol–water partition coefficient (Wildman–Crippen LogP) is -0.622. The van der Waals surface area contributed by atoms with Gasteiger partial charge in [0, 0.05) is 17.9 Å². The molecular formula is C39H66N10O8S2. The molecule has 7 atom stereocenters. The summed E-state index contributed by atoms with van der Waals surface area (Å²) in [5.74, 6) is -5.47. The lowest BCUT2D eigenvalue weighted by Crippen LogP contribution is -2.60. The minimum atomic E-state index is -1.36. The largest absolute Gasteiger partial charge is 0.480 e. The number of nitrogens with two attached hydrogens (primary N) is 4. The van der Waals surface area contributed by atoms with Crippen LogP contribution in [0.1, 0.15) is 83.6 Å². The highest BCUT2D eigenvalue weighted by molar-refractivity contribution is 8.76. The quantitative estimate of drug-likeness (QED) is 0.0687. The van der Waals surface area contributed by atoms with Crippen molar-refractivity contribution in [2.24, 2.45) is 28.9 Å². The van der Waals surface area contributed by atoms with Gasteiger partial charge in [0.05, 0.1) is 6.04 Å². The number of amides is 6. The van der Waals surface area contributed by atoms with E-state index in [-0.39, 0.29) is 49.5 Å². The number of aliphatic carboxylic acids is 1. The minimum absolute atomic E-state index is 0.0285. The Morgan fingerprint density at radius 2 is 1.02 bits per heavy atom. The first-order chi connectivity index (χ1) is 28.2. The standard InChI is InChI=1S/C39H66N10O8S2/c1-24(2)20-30-37(54)49-32(39(56)57)23-59-58-22-26(43)33(50)44-27(14-6-9-17-40)34(51)45-28(15-7-10-18-41)35(52)46-29(16-8-11-19-42)36(53)48-31(38(55)47-30)21-25-12-4-3-5-13-25/h3-5,12-13,24,26-32H,6-11,14-23,40-43H2,1-2H3,(H,44,50)(H,45,51)(H,46,52)(H,47,55)(H,48,53)(H,49,54)(H,56,57)/t26-,27-,28?,29-,30?,31?,32?/m0/s1. The van der Waals surface area contributed by atoms with Gasteiger partial charge in [-0.1, -0.05) is 65.8 Å². The zero-order chi connectivity index (χ0) is 43.7. The molecule has 1 saturated heterocycles. The second-order valence-electron chi connectivity index (χ2n) is 15.1. The molecule has 2 rings (SSSR count). The van der Waals surface area contributed by atoms with Gasteiger partial charge in [-0.2, -0.15) is 0 Å². The number of hydrogen-bond donors (Lipinski definition) is 11. The lowest BCUT2D eigenvalue weighted by atomic mass is 10.00. The maximum absolute atomic E-state index is 14.2. The molecule has 20 heteroatoms. The molecule has 0 aromatic heterocycles. The lowest BCUT2D eigenvalue weighted by Gasteiger charge is -2.28. The van der Waals surface area contributed by atoms with E-state index < -0.39 is 83.7 Å². The molecule has 1 aliphatic rings. The number of carboxylic acids is 1. The molecule has 0 aliphatic carbocycles. The molecule has 0 radical (unpaired) electrons. The van der Waals surface area contributed by atoms with Crippen LogP contribution in [0, 0.1) is 5.92 Å². The number of nitrogens with one attached hydrogen (secondary N) is 6. The highest BCUT2D eigenvalue weighted by atomic mass is 33.1. The molecular weight excluding hydrogens is 801 g/mol. The molecule has 0 spiro atoms. The molecule has 6 amide bonds. The van der Waals surface area contributed by atoms with Gasteiger partial charge in [-0.25, -0.2) is 4.79 Å². The average Bonchev–Trinajstić information content (AvgIpc) is 3.19. The first kappa shape index (κ1) is 51.2. The molecule has 0 saturated carbocycles. The van der Waals surface area contributed by atoms with Gasteiger partial charge in [0.2, 0.25) is 35.4 Å². The Labute approximate surface area is 355 Å². The number of hydrogen-bond acceptors (Lipinski definition) is 13. The summed E-state index contributed by atoms with van der Waals surface area (Å²) < 4.78 is 0. The summed E-state index contributed by atoms with van der Waals surface area (Å²) in [5, 5.41) is 26.3. The van der Waals surface area contributed by atoms with Crippen LogP contribution >= 0.6 is 21.6 Å². The van der Waals surface area contributed by atoms with Crippen LogP contribution in [-0.4, -0.2) is 120 Å². The third kappa shape index (κ3) is 19.8. The van der Waals surface area contributed by atoms with Crippen molar-refractivity contribution in [3.05, 3.63) is 35.9 Å². The van der Waals surface area contributed by atoms with E-state index in [1.807, 2.05) is 13.8 Å². The first-order valence-corrected chi connectivity index (χ1v) is 22.9. The van der Waals surface area contributed by atoms with E-state index in [4.69, 9.17) is 22.9 Å². The monoisotopic (exact) mass is 866 g/mol. The fourth-order valence-corrected chi connectivity index (χ4v) is 8.45. The van der Waals surface area contributed by atoms with Gasteiger partial charge in [0.25, 0.3) is 0 Å². The first-order valence-electron chi connectivity index (χ1n) is 20.4. The molecule has 0 bridgehead atoms. The van der Waals surface area contributed by atoms with Crippen molar-refractivity contribution in [2.75, 3.05) is 31.1 Å². The van der Waals surface area contributed by atoms with Crippen LogP contribution in [0.3, 0.4) is 0 Å². The van der Waals surface area contributed by atoms with Crippen molar-refractivity contribution >= 4 is 63.0 Å². The predicted molar refractivity (Wildman–Crippen MR) is 230 cm³/mol. The zero-order valence-corrected chi connectivity index (χ0v) is 35.9. The van der Waals surface area contributed by atoms with Gasteiger partial charge in [0.1, 0.15) is 36.3 Å². The van der Waals surface area contributed by atoms with Crippen LogP contribution < -0.4 is 54.8 Å². The smallest absolute Gasteiger partial charge is 0.327 e. The van der Waals surface area contributed by atoms with Crippen LogP contribution in [-0.2, 0) is 40.0 Å². The summed E-state index contributed by atoms with van der Waals surface area (Å²) in [6.45, 7) is 4.72. The maximum Gasteiger partial charge on any atom is 0.327 e. The Morgan fingerprint density at radius 1 is 0.610 bits per heavy atom. The van der Waals surface area contributed by atoms with E-state index in [0.717, 1.165) is 21.6 Å². The molecule has 59 heavy (non-hydrogen) atoms. The Bertz CT molecular complexity index is 1490. The summed E-state index contributed by atoms with van der Waals surface area (Å²) in [5.41, 5.74) is 24.1. The van der Waals surface area contributed by atoms with E-state index in [0.29, 0.717) is 63.7 Å². The topological polar surface area (TPSA) is 316 Å². The number of rotatable bonds is 17. The summed E-state index contributed by atoms with van der Waals surface area (Å²) in [6.07, 6.45) is 3.78. The van der Waals surface area contributed by atoms with Gasteiger partial charge < -0.3 is 59.9 Å². The molecule has 4 unspecified atom stereocenters. The zero-order valence-electron chi connectivity index (χ0n) is 34.3. The van der Waals surface area contributed by atoms with Gasteiger partial charge in [-0.05, 0) is 95.3 Å². The maximum atomic E-state index is 14.2. The normalized spacial score (nSPS) is 24.9. The fourth-order valence-electron chi connectivity index (χ4n) is 6.18. The molecule has 332 valence electrons. The lowest BCUT2D eigenvalue weighted by molar-refractivity contribution is -0.141. The van der Waals surface area contributed by atoms with Crippen molar-refractivity contribution in [1.29, 1.82) is 0 Å². The Hall–Kier alpha value is -3.95. The van der Waals surface area contributed by atoms with E-state index in [2.05, 4.69) is 31.9 Å². The summed E-state index contributed by atoms with van der Waals surface area (Å²) in [7, 11) is 2.20. The van der Waals surface area contributed by atoms with Crippen LogP contribution in [0.4, 0.5) is 0 Å². The van der Waals surface area contributed by atoms with Crippen LogP contribution in [0.25, 0.3) is 0 Å². The van der Waals surface area contributed by atoms with E-state index >= 15 is 0 Å². The number of carbonyl (C=O) groups excluding carboxylic acids is 6. The van der Waals surface area contributed by atoms with Crippen LogP contribution in [0.2, 0.25) is 0 Å². The number of benzene rings is 1. The van der Waals surface area contributed by atoms with Crippen LogP contribution in [0.15, 0.2) is 30.3 Å². The summed E-state index contributed by atoms with van der Waals surface area (Å²) in [6, 6.07) is 0.747. The van der Waals surface area contributed by atoms with E-state index in [9.17, 15) is 38.7 Å². The Balaban J connectivity index is 2.62. The number of carboxylic acid groups (broad SMARTS) is 1. The molecule has 1 heterocycles. The van der Waals surface area contributed by atoms with Crippen molar-refractivity contribution in [2.45, 2.75) is 127 Å². The third-order valence-electron chi connectivity index (χ3n) is 9.51. The minimum Gasteiger partial charge on any atom is -0.480 e. The fraction of sp³-hybridized carbons (Fsp3) is 0.667. The third-order valence-corrected chi connectivity index (χ3v) is 12.0. The molecule has 18 nitrogen and oxygen atoms in total. The SMILES string of the molecule is CC(C)CC1NC(=O)C(Cc2ccccc2)NC(=O)[C@H](CCCCN)NC(=O)C(CCCCN)NC(=O)[C@H](CCCCN)NC(=O)[C@@H](N)CSSCC(C(=O)O)NC1=O. The molecule has 1 aromatic rings. The van der Waals surface area contributed by atoms with Gasteiger partial charge in [-0.15, -0.1) is 0 Å². The second-order valence-corrected chi connectivity index (χ2v) is 17.6. The Kier molecular flexibility index (Phi) is 24.7. The van der Waals surface area contributed by atoms with Crippen molar-refractivity contribution < 1.29 is 38.7 Å². The average molecular weight is 867 g/mol. The molecule has 1 aliphatic heterocycles. The van der Waals surface area contributed by atoms with Gasteiger partial charge in [-0.3, -0.25) is 28.8 Å².